The van der Waals surface area contributed by atoms with Crippen LogP contribution in [0.25, 0.3) is 10.9 Å². The normalized spacial score (nSPS) is 30.8. The minimum atomic E-state index is 0.629. The summed E-state index contributed by atoms with van der Waals surface area (Å²) in [4.78, 5) is 2.90. The molecule has 2 bridgehead atoms. The largest absolute Gasteiger partial charge is 0.382 e. The number of hydrogen-bond acceptors (Lipinski definition) is 3. The van der Waals surface area contributed by atoms with Crippen LogP contribution in [0.4, 0.5) is 5.69 Å². The van der Waals surface area contributed by atoms with E-state index < -0.39 is 0 Å². The molecule has 1 saturated carbocycles. The SMILES string of the molecule is c1cc2[nH]ncc2cc1NC1CC2CCC(C1)N2CC1CCCCC1. The highest BCUT2D eigenvalue weighted by atomic mass is 15.2. The quantitative estimate of drug-likeness (QED) is 0.859. The van der Waals surface area contributed by atoms with Gasteiger partial charge in [0.1, 0.15) is 0 Å². The fourth-order valence-corrected chi connectivity index (χ4v) is 5.63. The molecule has 3 fully saturated rings. The highest BCUT2D eigenvalue weighted by Gasteiger charge is 2.41. The summed E-state index contributed by atoms with van der Waals surface area (Å²) in [5, 5.41) is 12.2. The molecule has 4 heteroatoms. The molecule has 4 nitrogen and oxygen atoms in total. The maximum atomic E-state index is 4.13. The van der Waals surface area contributed by atoms with E-state index in [9.17, 15) is 0 Å². The molecule has 0 radical (unpaired) electrons. The first kappa shape index (κ1) is 15.7. The van der Waals surface area contributed by atoms with Gasteiger partial charge in [-0.25, -0.2) is 0 Å². The van der Waals surface area contributed by atoms with E-state index in [0.717, 1.165) is 23.5 Å². The molecule has 2 atom stereocenters. The summed E-state index contributed by atoms with van der Waals surface area (Å²) >= 11 is 0. The van der Waals surface area contributed by atoms with Crippen LogP contribution in [-0.2, 0) is 0 Å². The van der Waals surface area contributed by atoms with Crippen LogP contribution in [0.1, 0.15) is 57.8 Å². The molecule has 2 saturated heterocycles. The molecule has 2 aliphatic heterocycles. The van der Waals surface area contributed by atoms with Crippen molar-refractivity contribution < 1.29 is 0 Å². The summed E-state index contributed by atoms with van der Waals surface area (Å²) < 4.78 is 0. The van der Waals surface area contributed by atoms with E-state index >= 15 is 0 Å². The molecule has 1 aliphatic carbocycles. The smallest absolute Gasteiger partial charge is 0.0651 e. The number of nitrogens with zero attached hydrogens (tertiary/aromatic N) is 2. The van der Waals surface area contributed by atoms with Crippen molar-refractivity contribution in [1.29, 1.82) is 0 Å². The summed E-state index contributed by atoms with van der Waals surface area (Å²) in [6.45, 7) is 1.38. The van der Waals surface area contributed by atoms with Crippen LogP contribution in [0.2, 0.25) is 0 Å². The van der Waals surface area contributed by atoms with E-state index in [0.29, 0.717) is 6.04 Å². The fourth-order valence-electron chi connectivity index (χ4n) is 5.63. The van der Waals surface area contributed by atoms with Gasteiger partial charge in [0.05, 0.1) is 11.7 Å². The molecule has 0 spiro atoms. The van der Waals surface area contributed by atoms with Crippen molar-refractivity contribution in [2.45, 2.75) is 75.9 Å². The van der Waals surface area contributed by atoms with Gasteiger partial charge < -0.3 is 5.32 Å². The summed E-state index contributed by atoms with van der Waals surface area (Å²) in [6, 6.07) is 8.82. The van der Waals surface area contributed by atoms with Crippen molar-refractivity contribution in [1.82, 2.24) is 15.1 Å². The van der Waals surface area contributed by atoms with E-state index in [1.165, 1.54) is 75.4 Å². The highest BCUT2D eigenvalue weighted by Crippen LogP contribution is 2.39. The van der Waals surface area contributed by atoms with Crippen molar-refractivity contribution in [2.24, 2.45) is 5.92 Å². The monoisotopic (exact) mass is 338 g/mol. The molecule has 3 aliphatic rings. The van der Waals surface area contributed by atoms with Crippen LogP contribution in [-0.4, -0.2) is 39.8 Å². The Labute approximate surface area is 150 Å². The van der Waals surface area contributed by atoms with Gasteiger partial charge in [-0.2, -0.15) is 5.10 Å². The van der Waals surface area contributed by atoms with Gasteiger partial charge in [-0.1, -0.05) is 19.3 Å². The number of aromatic amines is 1. The van der Waals surface area contributed by atoms with Crippen LogP contribution >= 0.6 is 0 Å². The van der Waals surface area contributed by atoms with Gasteiger partial charge in [0.2, 0.25) is 0 Å². The number of hydrogen-bond donors (Lipinski definition) is 2. The van der Waals surface area contributed by atoms with Gasteiger partial charge in [-0.05, 0) is 62.6 Å². The second-order valence-corrected chi connectivity index (χ2v) is 8.57. The molecule has 134 valence electrons. The van der Waals surface area contributed by atoms with E-state index in [4.69, 9.17) is 0 Å². The van der Waals surface area contributed by atoms with Crippen LogP contribution < -0.4 is 5.32 Å². The molecular weight excluding hydrogens is 308 g/mol. The highest BCUT2D eigenvalue weighted by molar-refractivity contribution is 5.81. The first-order valence-corrected chi connectivity index (χ1v) is 10.3. The van der Waals surface area contributed by atoms with Crippen LogP contribution in [0, 0.1) is 5.92 Å². The van der Waals surface area contributed by atoms with Crippen molar-refractivity contribution in [3.05, 3.63) is 24.4 Å². The molecular formula is C21H30N4. The number of fused-ring (bicyclic) bond motifs is 3. The Balaban J connectivity index is 1.23. The standard InChI is InChI=1S/C21H30N4/c1-2-4-15(5-3-1)14-25-19-7-8-20(25)12-18(11-19)23-17-6-9-21-16(10-17)13-22-24-21/h6,9-10,13,15,18-20,23H,1-5,7-8,11-12,14H2,(H,22,24). The van der Waals surface area contributed by atoms with Crippen molar-refractivity contribution >= 4 is 16.6 Å². The molecule has 3 heterocycles. The third-order valence-electron chi connectivity index (χ3n) is 6.89. The Morgan fingerprint density at radius 3 is 2.64 bits per heavy atom. The lowest BCUT2D eigenvalue weighted by Crippen LogP contribution is -2.48. The summed E-state index contributed by atoms with van der Waals surface area (Å²) in [7, 11) is 0. The Kier molecular flexibility index (Phi) is 4.16. The van der Waals surface area contributed by atoms with Gasteiger partial charge in [0, 0.05) is 35.7 Å². The lowest BCUT2D eigenvalue weighted by molar-refractivity contribution is 0.100. The van der Waals surface area contributed by atoms with E-state index in [1.807, 2.05) is 6.20 Å². The third kappa shape index (κ3) is 3.17. The van der Waals surface area contributed by atoms with E-state index in [2.05, 4.69) is 38.6 Å². The lowest BCUT2D eigenvalue weighted by Gasteiger charge is -2.41. The number of aromatic nitrogens is 2. The average molecular weight is 338 g/mol. The molecule has 0 amide bonds. The van der Waals surface area contributed by atoms with Crippen molar-refractivity contribution in [2.75, 3.05) is 11.9 Å². The third-order valence-corrected chi connectivity index (χ3v) is 6.89. The molecule has 2 unspecified atom stereocenters. The summed E-state index contributed by atoms with van der Waals surface area (Å²) in [6.07, 6.45) is 14.7. The lowest BCUT2D eigenvalue weighted by atomic mass is 9.87. The Hall–Kier alpha value is -1.55. The Morgan fingerprint density at radius 1 is 1.04 bits per heavy atom. The number of piperidine rings is 1. The first-order valence-electron chi connectivity index (χ1n) is 10.3. The second kappa shape index (κ2) is 6.64. The zero-order valence-electron chi connectivity index (χ0n) is 15.1. The van der Waals surface area contributed by atoms with Crippen molar-refractivity contribution in [3.63, 3.8) is 0 Å². The predicted octanol–water partition coefficient (Wildman–Crippen LogP) is 4.55. The number of benzene rings is 1. The van der Waals surface area contributed by atoms with Crippen molar-refractivity contribution in [3.8, 4) is 0 Å². The molecule has 5 rings (SSSR count). The molecule has 1 aromatic heterocycles. The van der Waals surface area contributed by atoms with Crippen LogP contribution in [0.3, 0.4) is 0 Å². The topological polar surface area (TPSA) is 44.0 Å². The molecule has 2 N–H and O–H groups in total. The van der Waals surface area contributed by atoms with Gasteiger partial charge in [-0.3, -0.25) is 10.00 Å². The minimum absolute atomic E-state index is 0.629. The van der Waals surface area contributed by atoms with Gasteiger partial charge >= 0.3 is 0 Å². The zero-order valence-corrected chi connectivity index (χ0v) is 15.1. The van der Waals surface area contributed by atoms with Gasteiger partial charge in [0.25, 0.3) is 0 Å². The van der Waals surface area contributed by atoms with E-state index in [-0.39, 0.29) is 0 Å². The van der Waals surface area contributed by atoms with Crippen LogP contribution in [0.5, 0.6) is 0 Å². The predicted molar refractivity (Wildman–Crippen MR) is 103 cm³/mol. The first-order chi connectivity index (χ1) is 12.3. The summed E-state index contributed by atoms with van der Waals surface area (Å²) in [5.74, 6) is 0.977. The van der Waals surface area contributed by atoms with E-state index in [1.54, 1.807) is 0 Å². The summed E-state index contributed by atoms with van der Waals surface area (Å²) in [5.41, 5.74) is 2.37. The maximum Gasteiger partial charge on any atom is 0.0651 e. The Bertz CT molecular complexity index is 704. The average Bonchev–Trinajstić information content (AvgIpc) is 3.18. The number of anilines is 1. The second-order valence-electron chi connectivity index (χ2n) is 8.57. The van der Waals surface area contributed by atoms with Crippen LogP contribution in [0.15, 0.2) is 24.4 Å². The number of H-pyrrole nitrogens is 1. The maximum absolute atomic E-state index is 4.13. The van der Waals surface area contributed by atoms with Gasteiger partial charge in [0.15, 0.2) is 0 Å². The Morgan fingerprint density at radius 2 is 1.84 bits per heavy atom. The number of rotatable bonds is 4. The number of nitrogens with one attached hydrogen (secondary N) is 2. The molecule has 1 aromatic carbocycles. The zero-order chi connectivity index (χ0) is 16.6. The van der Waals surface area contributed by atoms with Gasteiger partial charge in [-0.15, -0.1) is 0 Å². The molecule has 25 heavy (non-hydrogen) atoms. The molecule has 2 aromatic rings. The minimum Gasteiger partial charge on any atom is -0.382 e. The fraction of sp³-hybridized carbons (Fsp3) is 0.667.